The molecule has 1 aromatic heterocycles. The maximum absolute atomic E-state index is 13.9. The van der Waals surface area contributed by atoms with E-state index in [1.54, 1.807) is 24.3 Å². The summed E-state index contributed by atoms with van der Waals surface area (Å²) in [6, 6.07) is 13.3. The molecule has 0 aliphatic heterocycles. The number of benzene rings is 2. The minimum absolute atomic E-state index is 0.00820. The van der Waals surface area contributed by atoms with Crippen LogP contribution in [0.3, 0.4) is 0 Å². The number of nitrogens with zero attached hydrogens (tertiary/aromatic N) is 1. The van der Waals surface area contributed by atoms with Crippen LogP contribution in [0.1, 0.15) is 0 Å². The largest absolute Gasteiger partial charge is 0.227 e. The third-order valence-electron chi connectivity index (χ3n) is 3.19. The first-order valence-electron chi connectivity index (χ1n) is 6.32. The van der Waals surface area contributed by atoms with E-state index in [0.717, 1.165) is 0 Å². The molecule has 0 atom stereocenters. The van der Waals surface area contributed by atoms with E-state index in [1.807, 2.05) is 0 Å². The molecule has 0 unspecified atom stereocenters. The molecule has 0 fully saturated rings. The predicted molar refractivity (Wildman–Crippen MR) is 75.0 cm³/mol. The summed E-state index contributed by atoms with van der Waals surface area (Å²) in [5.41, 5.74) is 0.796. The van der Waals surface area contributed by atoms with Gasteiger partial charge in [0.2, 0.25) is 5.95 Å². The van der Waals surface area contributed by atoms with Crippen molar-refractivity contribution in [1.82, 2.24) is 4.98 Å². The van der Waals surface area contributed by atoms with Gasteiger partial charge in [0.15, 0.2) is 0 Å². The first kappa shape index (κ1) is 13.4. The van der Waals surface area contributed by atoms with Crippen LogP contribution in [0.2, 0.25) is 0 Å². The van der Waals surface area contributed by atoms with Crippen LogP contribution in [0, 0.1) is 17.6 Å². The van der Waals surface area contributed by atoms with Crippen molar-refractivity contribution in [3.63, 3.8) is 0 Å². The lowest BCUT2D eigenvalue weighted by Gasteiger charge is -2.08. The Morgan fingerprint density at radius 2 is 1.24 bits per heavy atom. The first-order chi connectivity index (χ1) is 10.2. The minimum atomic E-state index is -0.791. The van der Waals surface area contributed by atoms with E-state index in [0.29, 0.717) is 11.1 Å². The van der Waals surface area contributed by atoms with Crippen molar-refractivity contribution in [3.8, 4) is 22.3 Å². The minimum Gasteiger partial charge on any atom is -0.227 e. The van der Waals surface area contributed by atoms with Crippen molar-refractivity contribution in [2.24, 2.45) is 0 Å². The van der Waals surface area contributed by atoms with Gasteiger partial charge in [0.05, 0.1) is 0 Å². The Labute approximate surface area is 119 Å². The Morgan fingerprint density at radius 3 is 1.86 bits per heavy atom. The Balaban J connectivity index is 2.18. The van der Waals surface area contributed by atoms with Crippen LogP contribution in [0.25, 0.3) is 22.3 Å². The lowest BCUT2D eigenvalue weighted by atomic mass is 10.0. The molecule has 1 heterocycles. The van der Waals surface area contributed by atoms with Crippen LogP contribution in [0.4, 0.5) is 13.2 Å². The Morgan fingerprint density at radius 1 is 0.667 bits per heavy atom. The normalized spacial score (nSPS) is 10.6. The summed E-state index contributed by atoms with van der Waals surface area (Å²) in [6.45, 7) is 0. The molecule has 0 aliphatic rings. The molecule has 0 radical (unpaired) electrons. The molecular formula is C17H10F3N. The monoisotopic (exact) mass is 285 g/mol. The molecule has 0 saturated heterocycles. The number of pyridine rings is 1. The molecule has 3 aromatic rings. The van der Waals surface area contributed by atoms with Gasteiger partial charge in [-0.15, -0.1) is 0 Å². The molecular weight excluding hydrogens is 275 g/mol. The van der Waals surface area contributed by atoms with Gasteiger partial charge in [-0.1, -0.05) is 36.4 Å². The summed E-state index contributed by atoms with van der Waals surface area (Å²) in [4.78, 5) is 3.61. The summed E-state index contributed by atoms with van der Waals surface area (Å²) >= 11 is 0. The second kappa shape index (κ2) is 5.40. The van der Waals surface area contributed by atoms with Crippen LogP contribution in [-0.2, 0) is 0 Å². The molecule has 0 N–H and O–H groups in total. The number of halogens is 3. The number of hydrogen-bond acceptors (Lipinski definition) is 1. The maximum Gasteiger partial charge on any atom is 0.220 e. The summed E-state index contributed by atoms with van der Waals surface area (Å²) < 4.78 is 41.5. The highest BCUT2D eigenvalue weighted by atomic mass is 19.1. The molecule has 2 aromatic carbocycles. The van der Waals surface area contributed by atoms with Crippen LogP contribution >= 0.6 is 0 Å². The zero-order chi connectivity index (χ0) is 14.8. The average molecular weight is 285 g/mol. The molecule has 0 aliphatic carbocycles. The van der Waals surface area contributed by atoms with E-state index in [4.69, 9.17) is 0 Å². The van der Waals surface area contributed by atoms with Gasteiger partial charge in [-0.2, -0.15) is 4.39 Å². The Kier molecular flexibility index (Phi) is 3.44. The topological polar surface area (TPSA) is 12.9 Å². The quantitative estimate of drug-likeness (QED) is 0.614. The molecule has 0 spiro atoms. The fraction of sp³-hybridized carbons (Fsp3) is 0. The number of rotatable bonds is 2. The van der Waals surface area contributed by atoms with Gasteiger partial charge in [-0.25, -0.2) is 13.8 Å². The molecule has 0 bridgehead atoms. The molecule has 3 rings (SSSR count). The molecule has 104 valence electrons. The van der Waals surface area contributed by atoms with Crippen LogP contribution in [0.15, 0.2) is 60.8 Å². The number of aromatic nitrogens is 1. The van der Waals surface area contributed by atoms with Crippen LogP contribution in [0.5, 0.6) is 0 Å². The van der Waals surface area contributed by atoms with Crippen molar-refractivity contribution < 1.29 is 13.2 Å². The van der Waals surface area contributed by atoms with E-state index in [9.17, 15) is 13.2 Å². The van der Waals surface area contributed by atoms with Crippen molar-refractivity contribution >= 4 is 0 Å². The summed E-state index contributed by atoms with van der Waals surface area (Å²) in [5, 5.41) is 0. The highest BCUT2D eigenvalue weighted by Gasteiger charge is 2.13. The van der Waals surface area contributed by atoms with Gasteiger partial charge in [0.1, 0.15) is 11.6 Å². The average Bonchev–Trinajstić information content (AvgIpc) is 2.49. The van der Waals surface area contributed by atoms with Crippen molar-refractivity contribution in [2.75, 3.05) is 0 Å². The zero-order valence-corrected chi connectivity index (χ0v) is 10.9. The lowest BCUT2D eigenvalue weighted by Crippen LogP contribution is -1.94. The second-order valence-corrected chi connectivity index (χ2v) is 4.52. The van der Waals surface area contributed by atoms with Crippen molar-refractivity contribution in [2.45, 2.75) is 0 Å². The van der Waals surface area contributed by atoms with Crippen molar-refractivity contribution in [3.05, 3.63) is 78.4 Å². The highest BCUT2D eigenvalue weighted by molar-refractivity contribution is 5.72. The number of hydrogen-bond donors (Lipinski definition) is 0. The van der Waals surface area contributed by atoms with E-state index >= 15 is 0 Å². The standard InChI is InChI=1S/C17H10F3N/c18-15-7-3-1-5-12(15)11-9-14(17(20)21-10-11)13-6-2-4-8-16(13)19/h1-10H. The first-order valence-corrected chi connectivity index (χ1v) is 6.32. The maximum atomic E-state index is 13.9. The smallest absolute Gasteiger partial charge is 0.220 e. The van der Waals surface area contributed by atoms with E-state index in [2.05, 4.69) is 4.98 Å². The highest BCUT2D eigenvalue weighted by Crippen LogP contribution is 2.30. The van der Waals surface area contributed by atoms with E-state index < -0.39 is 17.6 Å². The third kappa shape index (κ3) is 2.52. The van der Waals surface area contributed by atoms with Crippen LogP contribution in [-0.4, -0.2) is 4.98 Å². The van der Waals surface area contributed by atoms with Gasteiger partial charge >= 0.3 is 0 Å². The van der Waals surface area contributed by atoms with Gasteiger partial charge < -0.3 is 0 Å². The van der Waals surface area contributed by atoms with Crippen LogP contribution < -0.4 is 0 Å². The second-order valence-electron chi connectivity index (χ2n) is 4.52. The molecule has 0 amide bonds. The fourth-order valence-corrected chi connectivity index (χ4v) is 2.16. The lowest BCUT2D eigenvalue weighted by molar-refractivity contribution is 0.583. The van der Waals surface area contributed by atoms with E-state index in [1.165, 1.54) is 36.5 Å². The summed E-state index contributed by atoms with van der Waals surface area (Å²) in [6.07, 6.45) is 1.23. The fourth-order valence-electron chi connectivity index (χ4n) is 2.16. The van der Waals surface area contributed by atoms with Gasteiger partial charge in [0.25, 0.3) is 0 Å². The Bertz CT molecular complexity index is 800. The van der Waals surface area contributed by atoms with Gasteiger partial charge in [-0.05, 0) is 18.2 Å². The van der Waals surface area contributed by atoms with E-state index in [-0.39, 0.29) is 11.1 Å². The predicted octanol–water partition coefficient (Wildman–Crippen LogP) is 4.83. The SMILES string of the molecule is Fc1ccccc1-c1cnc(F)c(-c2ccccc2F)c1. The third-order valence-corrected chi connectivity index (χ3v) is 3.19. The summed E-state index contributed by atoms with van der Waals surface area (Å²) in [7, 11) is 0. The Hall–Kier alpha value is -2.62. The van der Waals surface area contributed by atoms with Crippen molar-refractivity contribution in [1.29, 1.82) is 0 Å². The zero-order valence-electron chi connectivity index (χ0n) is 10.9. The summed E-state index contributed by atoms with van der Waals surface area (Å²) in [5.74, 6) is -1.78. The molecule has 4 heteroatoms. The van der Waals surface area contributed by atoms with Gasteiger partial charge in [0, 0.05) is 28.5 Å². The molecule has 1 nitrogen and oxygen atoms in total. The van der Waals surface area contributed by atoms with Gasteiger partial charge in [-0.3, -0.25) is 0 Å². The molecule has 21 heavy (non-hydrogen) atoms. The molecule has 0 saturated carbocycles.